The van der Waals surface area contributed by atoms with Crippen LogP contribution >= 0.6 is 0 Å². The van der Waals surface area contributed by atoms with Crippen molar-refractivity contribution in [2.45, 2.75) is 31.6 Å². The highest BCUT2D eigenvalue weighted by Crippen LogP contribution is 2.21. The maximum atomic E-state index is 11.8. The molecule has 0 radical (unpaired) electrons. The molecule has 94 valence electrons. The summed E-state index contributed by atoms with van der Waals surface area (Å²) in [6.07, 6.45) is 1.98. The highest BCUT2D eigenvalue weighted by atomic mass is 16.5. The largest absolute Gasteiger partial charge is 0.370 e. The average molecular weight is 245 g/mol. The lowest BCUT2D eigenvalue weighted by Gasteiger charge is -2.31. The van der Waals surface area contributed by atoms with Crippen LogP contribution in [0.25, 0.3) is 10.9 Å². The normalized spacial score (nSPS) is 22.9. The van der Waals surface area contributed by atoms with Gasteiger partial charge in [0.05, 0.1) is 17.0 Å². The molecule has 1 aliphatic rings. The maximum absolute atomic E-state index is 11.8. The topological polar surface area (TPSA) is 81.0 Å². The molecule has 1 aromatic heterocycles. The molecule has 5 nitrogen and oxygen atoms in total. The fourth-order valence-electron chi connectivity index (χ4n) is 2.14. The molecule has 0 spiro atoms. The molecule has 0 amide bonds. The number of aromatic amines is 1. The Balaban J connectivity index is 1.78. The average Bonchev–Trinajstić information content (AvgIpc) is 2.33. The van der Waals surface area contributed by atoms with E-state index in [0.717, 1.165) is 12.8 Å². The molecule has 1 heterocycles. The van der Waals surface area contributed by atoms with E-state index in [1.165, 1.54) is 0 Å². The van der Waals surface area contributed by atoms with Crippen molar-refractivity contribution in [3.63, 3.8) is 0 Å². The number of nitrogens with zero attached hydrogens (tertiary/aromatic N) is 1. The van der Waals surface area contributed by atoms with Gasteiger partial charge < -0.3 is 15.5 Å². The monoisotopic (exact) mass is 245 g/mol. The number of aromatic nitrogens is 2. The standard InChI is InChI=1S/C13H15N3O2/c14-8-5-9(6-8)18-7-12-15-11-4-2-1-3-10(11)13(17)16-12/h1-4,8-9H,5-7,14H2,(H,15,16,17). The number of nitrogens with two attached hydrogens (primary N) is 1. The first kappa shape index (κ1) is 11.4. The third kappa shape index (κ3) is 2.14. The summed E-state index contributed by atoms with van der Waals surface area (Å²) in [6, 6.07) is 7.54. The van der Waals surface area contributed by atoms with E-state index in [-0.39, 0.29) is 17.7 Å². The summed E-state index contributed by atoms with van der Waals surface area (Å²) < 4.78 is 5.63. The van der Waals surface area contributed by atoms with Crippen molar-refractivity contribution in [1.29, 1.82) is 0 Å². The molecule has 3 rings (SSSR count). The van der Waals surface area contributed by atoms with Crippen molar-refractivity contribution in [2.75, 3.05) is 0 Å². The van der Waals surface area contributed by atoms with Gasteiger partial charge in [-0.05, 0) is 25.0 Å². The van der Waals surface area contributed by atoms with E-state index in [0.29, 0.717) is 23.3 Å². The van der Waals surface area contributed by atoms with Crippen LogP contribution in [0.4, 0.5) is 0 Å². The molecule has 0 atom stereocenters. The van der Waals surface area contributed by atoms with Gasteiger partial charge in [-0.1, -0.05) is 12.1 Å². The van der Waals surface area contributed by atoms with E-state index in [1.807, 2.05) is 18.2 Å². The van der Waals surface area contributed by atoms with E-state index in [4.69, 9.17) is 10.5 Å². The van der Waals surface area contributed by atoms with Gasteiger partial charge in [-0.3, -0.25) is 4.79 Å². The molecule has 1 saturated carbocycles. The number of benzene rings is 1. The molecule has 1 aliphatic carbocycles. The lowest BCUT2D eigenvalue weighted by atomic mass is 9.90. The number of fused-ring (bicyclic) bond motifs is 1. The van der Waals surface area contributed by atoms with E-state index in [2.05, 4.69) is 9.97 Å². The van der Waals surface area contributed by atoms with Gasteiger partial charge in [0.25, 0.3) is 5.56 Å². The minimum Gasteiger partial charge on any atom is -0.370 e. The Labute approximate surface area is 104 Å². The Morgan fingerprint density at radius 1 is 1.39 bits per heavy atom. The number of nitrogens with one attached hydrogen (secondary N) is 1. The molecule has 1 fully saturated rings. The summed E-state index contributed by atoms with van der Waals surface area (Å²) in [4.78, 5) is 18.9. The van der Waals surface area contributed by atoms with Gasteiger partial charge in [0, 0.05) is 6.04 Å². The summed E-state index contributed by atoms with van der Waals surface area (Å²) in [5.41, 5.74) is 6.26. The molecule has 5 heteroatoms. The molecule has 0 unspecified atom stereocenters. The molecule has 2 aromatic rings. The Bertz CT molecular complexity index is 617. The number of para-hydroxylation sites is 1. The number of hydrogen-bond donors (Lipinski definition) is 2. The second-order valence-corrected chi connectivity index (χ2v) is 4.69. The third-order valence-electron chi connectivity index (χ3n) is 3.25. The van der Waals surface area contributed by atoms with Crippen LogP contribution in [-0.4, -0.2) is 22.1 Å². The van der Waals surface area contributed by atoms with Crippen molar-refractivity contribution in [3.05, 3.63) is 40.4 Å². The number of rotatable bonds is 3. The predicted molar refractivity (Wildman–Crippen MR) is 68.2 cm³/mol. The zero-order chi connectivity index (χ0) is 12.5. The smallest absolute Gasteiger partial charge is 0.258 e. The van der Waals surface area contributed by atoms with Gasteiger partial charge in [0.15, 0.2) is 0 Å². The molecular formula is C13H15N3O2. The highest BCUT2D eigenvalue weighted by molar-refractivity contribution is 5.77. The van der Waals surface area contributed by atoms with Crippen molar-refractivity contribution in [1.82, 2.24) is 9.97 Å². The van der Waals surface area contributed by atoms with Crippen LogP contribution in [0.1, 0.15) is 18.7 Å². The van der Waals surface area contributed by atoms with Gasteiger partial charge in [-0.15, -0.1) is 0 Å². The van der Waals surface area contributed by atoms with Crippen LogP contribution in [0.3, 0.4) is 0 Å². The maximum Gasteiger partial charge on any atom is 0.258 e. The first-order chi connectivity index (χ1) is 8.72. The Hall–Kier alpha value is -1.72. The lowest BCUT2D eigenvalue weighted by molar-refractivity contribution is -0.0215. The zero-order valence-corrected chi connectivity index (χ0v) is 9.93. The second kappa shape index (κ2) is 4.51. The van der Waals surface area contributed by atoms with E-state index < -0.39 is 0 Å². The predicted octanol–water partition coefficient (Wildman–Crippen LogP) is 0.929. The fourth-order valence-corrected chi connectivity index (χ4v) is 2.14. The van der Waals surface area contributed by atoms with E-state index >= 15 is 0 Å². The molecular weight excluding hydrogens is 230 g/mol. The van der Waals surface area contributed by atoms with Crippen molar-refractivity contribution in [3.8, 4) is 0 Å². The Morgan fingerprint density at radius 2 is 2.17 bits per heavy atom. The van der Waals surface area contributed by atoms with Crippen molar-refractivity contribution >= 4 is 10.9 Å². The van der Waals surface area contributed by atoms with Crippen LogP contribution in [0, 0.1) is 0 Å². The number of H-pyrrole nitrogens is 1. The van der Waals surface area contributed by atoms with Crippen LogP contribution in [0.2, 0.25) is 0 Å². The minimum absolute atomic E-state index is 0.121. The van der Waals surface area contributed by atoms with Crippen molar-refractivity contribution < 1.29 is 4.74 Å². The lowest BCUT2D eigenvalue weighted by Crippen LogP contribution is -2.41. The zero-order valence-electron chi connectivity index (χ0n) is 9.93. The summed E-state index contributed by atoms with van der Waals surface area (Å²) in [5.74, 6) is 0.569. The third-order valence-corrected chi connectivity index (χ3v) is 3.25. The molecule has 0 saturated heterocycles. The molecule has 1 aromatic carbocycles. The Kier molecular flexibility index (Phi) is 2.85. The first-order valence-electron chi connectivity index (χ1n) is 6.07. The minimum atomic E-state index is -0.121. The fraction of sp³-hybridized carbons (Fsp3) is 0.385. The summed E-state index contributed by atoms with van der Waals surface area (Å²) in [5, 5.41) is 0.604. The summed E-state index contributed by atoms with van der Waals surface area (Å²) >= 11 is 0. The summed E-state index contributed by atoms with van der Waals surface area (Å²) in [7, 11) is 0. The van der Waals surface area contributed by atoms with Gasteiger partial charge in [0.1, 0.15) is 12.4 Å². The van der Waals surface area contributed by atoms with Crippen LogP contribution in [0.15, 0.2) is 29.1 Å². The highest BCUT2D eigenvalue weighted by Gasteiger charge is 2.26. The number of ether oxygens (including phenoxy) is 1. The molecule has 18 heavy (non-hydrogen) atoms. The quantitative estimate of drug-likeness (QED) is 0.842. The van der Waals surface area contributed by atoms with Crippen LogP contribution in [-0.2, 0) is 11.3 Å². The second-order valence-electron chi connectivity index (χ2n) is 4.69. The Morgan fingerprint density at radius 3 is 2.94 bits per heavy atom. The first-order valence-corrected chi connectivity index (χ1v) is 6.07. The molecule has 0 aliphatic heterocycles. The van der Waals surface area contributed by atoms with Gasteiger partial charge in [-0.2, -0.15) is 0 Å². The van der Waals surface area contributed by atoms with Gasteiger partial charge in [0.2, 0.25) is 0 Å². The summed E-state index contributed by atoms with van der Waals surface area (Å²) in [6.45, 7) is 0.331. The molecule has 0 bridgehead atoms. The molecule has 3 N–H and O–H groups in total. The van der Waals surface area contributed by atoms with Gasteiger partial charge in [-0.25, -0.2) is 4.98 Å². The van der Waals surface area contributed by atoms with E-state index in [1.54, 1.807) is 6.07 Å². The van der Waals surface area contributed by atoms with E-state index in [9.17, 15) is 4.79 Å². The SMILES string of the molecule is NC1CC(OCc2nc3ccccc3c(=O)[nH]2)C1. The van der Waals surface area contributed by atoms with Crippen molar-refractivity contribution in [2.24, 2.45) is 5.73 Å². The van der Waals surface area contributed by atoms with Crippen LogP contribution < -0.4 is 11.3 Å². The van der Waals surface area contributed by atoms with Crippen LogP contribution in [0.5, 0.6) is 0 Å². The van der Waals surface area contributed by atoms with Gasteiger partial charge >= 0.3 is 0 Å². The number of hydrogen-bond acceptors (Lipinski definition) is 4.